The number of carbonyl (C=O) groups excluding carboxylic acids is 1. The van der Waals surface area contributed by atoms with Gasteiger partial charge in [0, 0.05) is 31.7 Å². The Kier molecular flexibility index (Phi) is 7.56. The predicted octanol–water partition coefficient (Wildman–Crippen LogP) is 4.31. The second-order valence-electron chi connectivity index (χ2n) is 9.64. The summed E-state index contributed by atoms with van der Waals surface area (Å²) in [5.74, 6) is -0.132. The molecule has 35 heavy (non-hydrogen) atoms. The van der Waals surface area contributed by atoms with Gasteiger partial charge in [-0.25, -0.2) is 17.8 Å². The monoisotopic (exact) mass is 518 g/mol. The highest BCUT2D eigenvalue weighted by Gasteiger charge is 2.32. The molecule has 1 aliphatic rings. The van der Waals surface area contributed by atoms with Crippen LogP contribution in [0.3, 0.4) is 0 Å². The molecule has 2 heterocycles. The molecule has 3 aromatic rings. The molecule has 1 aromatic heterocycles. The van der Waals surface area contributed by atoms with Gasteiger partial charge in [-0.15, -0.1) is 0 Å². The molecule has 0 bridgehead atoms. The van der Waals surface area contributed by atoms with E-state index in [0.717, 1.165) is 6.42 Å². The average molecular weight is 519 g/mol. The fraction of sp³-hybridized carbons (Fsp3) is 0.440. The van der Waals surface area contributed by atoms with Crippen molar-refractivity contribution in [2.24, 2.45) is 11.8 Å². The Morgan fingerprint density at radius 3 is 2.34 bits per heavy atom. The molecule has 188 valence electrons. The van der Waals surface area contributed by atoms with Gasteiger partial charge in [0.15, 0.2) is 5.13 Å². The van der Waals surface area contributed by atoms with Crippen LogP contribution in [0.25, 0.3) is 10.2 Å². The summed E-state index contributed by atoms with van der Waals surface area (Å²) < 4.78 is 42.8. The van der Waals surface area contributed by atoms with Crippen molar-refractivity contribution >= 4 is 42.6 Å². The molecule has 0 radical (unpaired) electrons. The number of piperidine rings is 1. The molecule has 4 rings (SSSR count). The van der Waals surface area contributed by atoms with Crippen molar-refractivity contribution in [3.8, 4) is 0 Å². The van der Waals surface area contributed by atoms with Gasteiger partial charge in [-0.1, -0.05) is 31.3 Å². The number of amides is 1. The van der Waals surface area contributed by atoms with Gasteiger partial charge in [0.05, 0.1) is 9.60 Å². The van der Waals surface area contributed by atoms with Gasteiger partial charge in [0.2, 0.25) is 10.0 Å². The van der Waals surface area contributed by atoms with Gasteiger partial charge in [-0.05, 0) is 68.8 Å². The van der Waals surface area contributed by atoms with Crippen LogP contribution in [0.15, 0.2) is 47.4 Å². The van der Waals surface area contributed by atoms with E-state index in [9.17, 15) is 17.6 Å². The van der Waals surface area contributed by atoms with Crippen LogP contribution in [0.1, 0.15) is 30.6 Å². The fourth-order valence-electron chi connectivity index (χ4n) is 4.48. The van der Waals surface area contributed by atoms with E-state index in [1.165, 1.54) is 34.4 Å². The first kappa shape index (κ1) is 25.7. The van der Waals surface area contributed by atoms with Crippen LogP contribution in [0.4, 0.5) is 9.52 Å². The maximum Gasteiger partial charge on any atom is 0.260 e. The van der Waals surface area contributed by atoms with Gasteiger partial charge >= 0.3 is 0 Å². The van der Waals surface area contributed by atoms with E-state index in [1.807, 2.05) is 19.0 Å². The lowest BCUT2D eigenvalue weighted by atomic mass is 9.94. The number of sulfonamides is 1. The molecule has 2 unspecified atom stereocenters. The second kappa shape index (κ2) is 10.3. The highest BCUT2D eigenvalue weighted by molar-refractivity contribution is 7.89. The number of hydrogen-bond acceptors (Lipinski definition) is 6. The molecule has 10 heteroatoms. The van der Waals surface area contributed by atoms with Gasteiger partial charge < -0.3 is 4.90 Å². The Labute approximate surface area is 210 Å². The lowest BCUT2D eigenvalue weighted by Crippen LogP contribution is -2.42. The first-order valence-electron chi connectivity index (χ1n) is 11.7. The predicted molar refractivity (Wildman–Crippen MR) is 138 cm³/mol. The Bertz CT molecular complexity index is 1300. The zero-order valence-corrected chi connectivity index (χ0v) is 22.1. The Hall–Kier alpha value is -2.40. The third-order valence-electron chi connectivity index (χ3n) is 6.18. The van der Waals surface area contributed by atoms with Crippen LogP contribution < -0.4 is 4.90 Å². The Balaban J connectivity index is 1.61. The second-order valence-corrected chi connectivity index (χ2v) is 12.6. The van der Waals surface area contributed by atoms with Gasteiger partial charge in [-0.2, -0.15) is 4.31 Å². The summed E-state index contributed by atoms with van der Waals surface area (Å²) in [6, 6.07) is 10.8. The third kappa shape index (κ3) is 5.55. The average Bonchev–Trinajstić information content (AvgIpc) is 3.24. The Morgan fingerprint density at radius 1 is 1.09 bits per heavy atom. The van der Waals surface area contributed by atoms with Crippen molar-refractivity contribution in [1.29, 1.82) is 0 Å². The molecule has 1 amide bonds. The van der Waals surface area contributed by atoms with Crippen molar-refractivity contribution in [2.45, 2.75) is 25.2 Å². The van der Waals surface area contributed by atoms with Crippen molar-refractivity contribution in [3.05, 3.63) is 53.8 Å². The molecule has 0 N–H and O–H groups in total. The fourth-order valence-corrected chi connectivity index (χ4v) is 7.16. The van der Waals surface area contributed by atoms with E-state index in [2.05, 4.69) is 18.8 Å². The first-order chi connectivity index (χ1) is 16.6. The van der Waals surface area contributed by atoms with E-state index < -0.39 is 15.8 Å². The molecular weight excluding hydrogens is 487 g/mol. The topological polar surface area (TPSA) is 73.8 Å². The number of hydrogen-bond donors (Lipinski definition) is 0. The zero-order chi connectivity index (χ0) is 25.3. The minimum atomic E-state index is -3.64. The van der Waals surface area contributed by atoms with Crippen LogP contribution in [-0.4, -0.2) is 68.8 Å². The number of nitrogens with zero attached hydrogens (tertiary/aromatic N) is 4. The molecule has 1 saturated heterocycles. The number of rotatable bonds is 7. The molecule has 0 spiro atoms. The number of likely N-dealkylation sites (N-methyl/N-ethyl adjacent to an activating group) is 1. The summed E-state index contributed by atoms with van der Waals surface area (Å²) in [6.07, 6.45) is 1.01. The Morgan fingerprint density at radius 2 is 1.74 bits per heavy atom. The molecule has 1 fully saturated rings. The normalized spacial score (nSPS) is 19.4. The quantitative estimate of drug-likeness (QED) is 0.466. The standard InChI is InChI=1S/C25H31FN4O3S2/c1-17-14-18(2)16-29(15-17)35(32,33)20-10-8-19(9-11-20)24(31)30(13-12-28(3)4)25-27-23-21(26)6-5-7-22(23)34-25/h5-11,17-18H,12-16H2,1-4H3. The van der Waals surface area contributed by atoms with Gasteiger partial charge in [-0.3, -0.25) is 9.69 Å². The summed E-state index contributed by atoms with van der Waals surface area (Å²) in [5.41, 5.74) is 0.587. The lowest BCUT2D eigenvalue weighted by Gasteiger charge is -2.34. The van der Waals surface area contributed by atoms with Crippen molar-refractivity contribution in [3.63, 3.8) is 0 Å². The van der Waals surface area contributed by atoms with Crippen LogP contribution in [0.5, 0.6) is 0 Å². The molecule has 2 atom stereocenters. The van der Waals surface area contributed by atoms with Crippen LogP contribution >= 0.6 is 11.3 Å². The summed E-state index contributed by atoms with van der Waals surface area (Å²) >= 11 is 1.25. The molecule has 1 aliphatic heterocycles. The maximum atomic E-state index is 14.2. The van der Waals surface area contributed by atoms with Crippen LogP contribution in [-0.2, 0) is 10.0 Å². The highest BCUT2D eigenvalue weighted by Crippen LogP contribution is 2.31. The molecule has 0 aliphatic carbocycles. The van der Waals surface area contributed by atoms with Crippen molar-refractivity contribution in [2.75, 3.05) is 45.2 Å². The SMILES string of the molecule is CC1CC(C)CN(S(=O)(=O)c2ccc(C(=O)N(CCN(C)C)c3nc4c(F)cccc4s3)cc2)C1. The summed E-state index contributed by atoms with van der Waals surface area (Å²) in [4.78, 5) is 21.5. The minimum Gasteiger partial charge on any atom is -0.308 e. The highest BCUT2D eigenvalue weighted by atomic mass is 32.2. The summed E-state index contributed by atoms with van der Waals surface area (Å²) in [6.45, 7) is 6.07. The molecule has 7 nitrogen and oxygen atoms in total. The zero-order valence-electron chi connectivity index (χ0n) is 20.4. The molecular formula is C25H31FN4O3S2. The smallest absolute Gasteiger partial charge is 0.260 e. The number of anilines is 1. The first-order valence-corrected chi connectivity index (χ1v) is 13.9. The minimum absolute atomic E-state index is 0.178. The number of fused-ring (bicyclic) bond motifs is 1. The number of halogens is 1. The summed E-state index contributed by atoms with van der Waals surface area (Å²) in [5, 5.41) is 0.407. The largest absolute Gasteiger partial charge is 0.308 e. The molecule has 0 saturated carbocycles. The van der Waals surface area contributed by atoms with Crippen LogP contribution in [0.2, 0.25) is 0 Å². The lowest BCUT2D eigenvalue weighted by molar-refractivity contribution is 0.0985. The summed E-state index contributed by atoms with van der Waals surface area (Å²) in [7, 11) is 0.174. The van der Waals surface area contributed by atoms with E-state index >= 15 is 0 Å². The van der Waals surface area contributed by atoms with Crippen molar-refractivity contribution < 1.29 is 17.6 Å². The van der Waals surface area contributed by atoms with Crippen molar-refractivity contribution in [1.82, 2.24) is 14.2 Å². The molecule has 2 aromatic carbocycles. The van der Waals surface area contributed by atoms with Gasteiger partial charge in [0.1, 0.15) is 11.3 Å². The number of para-hydroxylation sites is 1. The number of thiazole rings is 1. The van der Waals surface area contributed by atoms with E-state index in [1.54, 1.807) is 28.6 Å². The maximum absolute atomic E-state index is 14.2. The number of benzene rings is 2. The number of carbonyl (C=O) groups is 1. The van der Waals surface area contributed by atoms with Crippen LogP contribution in [0, 0.1) is 17.7 Å². The van der Waals surface area contributed by atoms with E-state index in [0.29, 0.717) is 53.4 Å². The van der Waals surface area contributed by atoms with E-state index in [4.69, 9.17) is 0 Å². The third-order valence-corrected chi connectivity index (χ3v) is 9.07. The number of aromatic nitrogens is 1. The van der Waals surface area contributed by atoms with E-state index in [-0.39, 0.29) is 16.3 Å². The van der Waals surface area contributed by atoms with Gasteiger partial charge in [0.25, 0.3) is 5.91 Å².